The molecule has 0 spiro atoms. The highest BCUT2D eigenvalue weighted by atomic mass is 16.5. The van der Waals surface area contributed by atoms with Gasteiger partial charge < -0.3 is 20.1 Å². The van der Waals surface area contributed by atoms with Gasteiger partial charge in [-0.2, -0.15) is 0 Å². The maximum Gasteiger partial charge on any atom is 0.317 e. The van der Waals surface area contributed by atoms with Crippen molar-refractivity contribution in [3.05, 3.63) is 0 Å². The summed E-state index contributed by atoms with van der Waals surface area (Å²) in [5, 5.41) is 11.8. The number of carbonyl (C=O) groups excluding carboxylic acids is 1. The molecule has 0 radical (unpaired) electrons. The summed E-state index contributed by atoms with van der Waals surface area (Å²) >= 11 is 0. The van der Waals surface area contributed by atoms with Crippen molar-refractivity contribution in [1.29, 1.82) is 0 Å². The second-order valence-corrected chi connectivity index (χ2v) is 5.09. The molecular weight excluding hydrogens is 248 g/mol. The van der Waals surface area contributed by atoms with Gasteiger partial charge in [0.05, 0.1) is 12.5 Å². The molecule has 110 valence electrons. The van der Waals surface area contributed by atoms with Crippen LogP contribution in [-0.4, -0.2) is 53.3 Å². The molecule has 0 saturated carbocycles. The van der Waals surface area contributed by atoms with Gasteiger partial charge in [-0.05, 0) is 33.6 Å². The van der Waals surface area contributed by atoms with Crippen LogP contribution in [0.15, 0.2) is 0 Å². The Morgan fingerprint density at radius 2 is 2.21 bits per heavy atom. The number of hydrogen-bond acceptors (Lipinski definition) is 3. The third-order valence-electron chi connectivity index (χ3n) is 3.42. The zero-order chi connectivity index (χ0) is 14.4. The van der Waals surface area contributed by atoms with Crippen LogP contribution in [0.1, 0.15) is 40.0 Å². The summed E-state index contributed by atoms with van der Waals surface area (Å²) in [5.74, 6) is -0.890. The SMILES string of the molecule is CCN(C(=O)NC1CCOC(C)C1)C(C)CC(=O)O. The highest BCUT2D eigenvalue weighted by Gasteiger charge is 2.25. The van der Waals surface area contributed by atoms with Gasteiger partial charge >= 0.3 is 12.0 Å². The van der Waals surface area contributed by atoms with E-state index in [2.05, 4.69) is 5.32 Å². The van der Waals surface area contributed by atoms with Gasteiger partial charge in [0.15, 0.2) is 0 Å². The van der Waals surface area contributed by atoms with E-state index in [1.807, 2.05) is 13.8 Å². The summed E-state index contributed by atoms with van der Waals surface area (Å²) in [5.41, 5.74) is 0. The average molecular weight is 272 g/mol. The van der Waals surface area contributed by atoms with Crippen LogP contribution in [0.3, 0.4) is 0 Å². The molecule has 0 aromatic carbocycles. The van der Waals surface area contributed by atoms with E-state index in [4.69, 9.17) is 9.84 Å². The monoisotopic (exact) mass is 272 g/mol. The number of rotatable bonds is 5. The van der Waals surface area contributed by atoms with Gasteiger partial charge in [0.2, 0.25) is 0 Å². The molecule has 2 amide bonds. The molecule has 0 aliphatic carbocycles. The fraction of sp³-hybridized carbons (Fsp3) is 0.846. The van der Waals surface area contributed by atoms with Gasteiger partial charge in [0, 0.05) is 25.2 Å². The largest absolute Gasteiger partial charge is 0.481 e. The van der Waals surface area contributed by atoms with Crippen molar-refractivity contribution in [2.45, 2.75) is 58.2 Å². The van der Waals surface area contributed by atoms with E-state index < -0.39 is 5.97 Å². The molecule has 6 nitrogen and oxygen atoms in total. The molecular formula is C13H24N2O4. The van der Waals surface area contributed by atoms with E-state index in [9.17, 15) is 9.59 Å². The minimum atomic E-state index is -0.890. The quantitative estimate of drug-likeness (QED) is 0.794. The van der Waals surface area contributed by atoms with Crippen LogP contribution in [0.5, 0.6) is 0 Å². The number of ether oxygens (including phenoxy) is 1. The van der Waals surface area contributed by atoms with E-state index in [1.54, 1.807) is 11.8 Å². The van der Waals surface area contributed by atoms with E-state index in [1.165, 1.54) is 0 Å². The van der Waals surface area contributed by atoms with E-state index in [-0.39, 0.29) is 30.6 Å². The van der Waals surface area contributed by atoms with Crippen LogP contribution in [0.4, 0.5) is 4.79 Å². The third-order valence-corrected chi connectivity index (χ3v) is 3.42. The summed E-state index contributed by atoms with van der Waals surface area (Å²) in [7, 11) is 0. The van der Waals surface area contributed by atoms with Crippen molar-refractivity contribution in [1.82, 2.24) is 10.2 Å². The number of carboxylic acids is 1. The van der Waals surface area contributed by atoms with Gasteiger partial charge in [-0.15, -0.1) is 0 Å². The molecule has 6 heteroatoms. The number of carboxylic acid groups (broad SMARTS) is 1. The fourth-order valence-corrected chi connectivity index (χ4v) is 2.41. The first-order chi connectivity index (χ1) is 8.93. The predicted molar refractivity (Wildman–Crippen MR) is 71.1 cm³/mol. The lowest BCUT2D eigenvalue weighted by atomic mass is 10.0. The molecule has 1 saturated heterocycles. The molecule has 1 aliphatic rings. The first-order valence-corrected chi connectivity index (χ1v) is 6.84. The van der Waals surface area contributed by atoms with E-state index in [0.29, 0.717) is 13.2 Å². The van der Waals surface area contributed by atoms with Crippen LogP contribution >= 0.6 is 0 Å². The zero-order valence-electron chi connectivity index (χ0n) is 11.9. The van der Waals surface area contributed by atoms with Crippen molar-refractivity contribution in [2.75, 3.05) is 13.2 Å². The van der Waals surface area contributed by atoms with E-state index in [0.717, 1.165) is 12.8 Å². The minimum Gasteiger partial charge on any atom is -0.481 e. The number of nitrogens with one attached hydrogen (secondary N) is 1. The van der Waals surface area contributed by atoms with Gasteiger partial charge in [-0.3, -0.25) is 4.79 Å². The summed E-state index contributed by atoms with van der Waals surface area (Å²) in [4.78, 5) is 24.4. The molecule has 3 unspecified atom stereocenters. The number of hydrogen-bond donors (Lipinski definition) is 2. The summed E-state index contributed by atoms with van der Waals surface area (Å²) in [6, 6.07) is -0.377. The minimum absolute atomic E-state index is 0.0363. The number of amides is 2. The smallest absolute Gasteiger partial charge is 0.317 e. The first kappa shape index (κ1) is 15.8. The molecule has 19 heavy (non-hydrogen) atoms. The summed E-state index contributed by atoms with van der Waals surface area (Å²) < 4.78 is 5.43. The van der Waals surface area contributed by atoms with Crippen molar-refractivity contribution >= 4 is 12.0 Å². The molecule has 0 bridgehead atoms. The predicted octanol–water partition coefficient (Wildman–Crippen LogP) is 1.45. The lowest BCUT2D eigenvalue weighted by Crippen LogP contribution is -2.50. The Hall–Kier alpha value is -1.30. The molecule has 1 heterocycles. The summed E-state index contributed by atoms with van der Waals surface area (Å²) in [6.45, 7) is 6.75. The first-order valence-electron chi connectivity index (χ1n) is 6.84. The Morgan fingerprint density at radius 3 is 2.74 bits per heavy atom. The Bertz CT molecular complexity index is 322. The number of nitrogens with zero attached hydrogens (tertiary/aromatic N) is 1. The standard InChI is InChI=1S/C13H24N2O4/c1-4-15(9(2)7-12(16)17)13(18)14-11-5-6-19-10(3)8-11/h9-11H,4-8H2,1-3H3,(H,14,18)(H,16,17). The van der Waals surface area contributed by atoms with Crippen molar-refractivity contribution in [2.24, 2.45) is 0 Å². The van der Waals surface area contributed by atoms with Gasteiger partial charge in [0.1, 0.15) is 0 Å². The molecule has 2 N–H and O–H groups in total. The molecule has 1 rings (SSSR count). The lowest BCUT2D eigenvalue weighted by molar-refractivity contribution is -0.138. The molecule has 0 aromatic heterocycles. The Kier molecular flexibility index (Phi) is 6.08. The van der Waals surface area contributed by atoms with Crippen LogP contribution < -0.4 is 5.32 Å². The number of carbonyl (C=O) groups is 2. The second kappa shape index (κ2) is 7.33. The highest BCUT2D eigenvalue weighted by molar-refractivity contribution is 5.76. The van der Waals surface area contributed by atoms with Crippen LogP contribution in [0.25, 0.3) is 0 Å². The molecule has 3 atom stereocenters. The van der Waals surface area contributed by atoms with Gasteiger partial charge in [0.25, 0.3) is 0 Å². The van der Waals surface area contributed by atoms with Crippen molar-refractivity contribution < 1.29 is 19.4 Å². The zero-order valence-corrected chi connectivity index (χ0v) is 11.9. The van der Waals surface area contributed by atoms with Crippen LogP contribution in [0.2, 0.25) is 0 Å². The van der Waals surface area contributed by atoms with Crippen LogP contribution in [0, 0.1) is 0 Å². The number of urea groups is 1. The third kappa shape index (κ3) is 5.06. The van der Waals surface area contributed by atoms with Gasteiger partial charge in [-0.25, -0.2) is 4.79 Å². The molecule has 1 fully saturated rings. The van der Waals surface area contributed by atoms with Gasteiger partial charge in [-0.1, -0.05) is 0 Å². The molecule has 0 aromatic rings. The Labute approximate surface area is 114 Å². The van der Waals surface area contributed by atoms with Crippen LogP contribution in [-0.2, 0) is 9.53 Å². The highest BCUT2D eigenvalue weighted by Crippen LogP contribution is 2.14. The summed E-state index contributed by atoms with van der Waals surface area (Å²) in [6.07, 6.45) is 1.73. The average Bonchev–Trinajstić information content (AvgIpc) is 2.28. The van der Waals surface area contributed by atoms with E-state index >= 15 is 0 Å². The lowest BCUT2D eigenvalue weighted by Gasteiger charge is -2.32. The van der Waals surface area contributed by atoms with Crippen molar-refractivity contribution in [3.63, 3.8) is 0 Å². The topological polar surface area (TPSA) is 78.9 Å². The number of aliphatic carboxylic acids is 1. The molecule has 1 aliphatic heterocycles. The normalized spacial score (nSPS) is 24.6. The Morgan fingerprint density at radius 1 is 1.53 bits per heavy atom. The second-order valence-electron chi connectivity index (χ2n) is 5.09. The Balaban J connectivity index is 2.51. The maximum atomic E-state index is 12.2. The van der Waals surface area contributed by atoms with Crippen molar-refractivity contribution in [3.8, 4) is 0 Å². The maximum absolute atomic E-state index is 12.2. The fourth-order valence-electron chi connectivity index (χ4n) is 2.41.